The second-order valence-electron chi connectivity index (χ2n) is 5.34. The van der Waals surface area contributed by atoms with Crippen molar-refractivity contribution in [3.63, 3.8) is 0 Å². The highest BCUT2D eigenvalue weighted by Gasteiger charge is 2.20. The first-order chi connectivity index (χ1) is 9.88. The van der Waals surface area contributed by atoms with E-state index in [1.807, 2.05) is 32.8 Å². The van der Waals surface area contributed by atoms with Gasteiger partial charge in [0, 0.05) is 23.5 Å². The lowest BCUT2D eigenvalue weighted by Gasteiger charge is -2.12. The molecule has 0 spiro atoms. The Morgan fingerprint density at radius 1 is 1.29 bits per heavy atom. The SMILES string of the molecule is Cc1cc(C(=O)c2c(Cl)cnn2CCN(C)C)cc(C)n1. The molecule has 0 fully saturated rings. The van der Waals surface area contributed by atoms with E-state index in [9.17, 15) is 4.79 Å². The van der Waals surface area contributed by atoms with Crippen LogP contribution in [-0.4, -0.2) is 46.1 Å². The Kier molecular flexibility index (Phi) is 4.75. The summed E-state index contributed by atoms with van der Waals surface area (Å²) in [5.41, 5.74) is 2.65. The Morgan fingerprint density at radius 3 is 2.48 bits per heavy atom. The Hall–Kier alpha value is -1.72. The summed E-state index contributed by atoms with van der Waals surface area (Å²) in [6, 6.07) is 3.55. The Balaban J connectivity index is 2.36. The highest BCUT2D eigenvalue weighted by atomic mass is 35.5. The molecule has 0 unspecified atom stereocenters. The average Bonchev–Trinajstić information content (AvgIpc) is 2.75. The largest absolute Gasteiger partial charge is 0.308 e. The van der Waals surface area contributed by atoms with Gasteiger partial charge >= 0.3 is 0 Å². The molecule has 0 atom stereocenters. The van der Waals surface area contributed by atoms with Crippen molar-refractivity contribution in [1.82, 2.24) is 19.7 Å². The van der Waals surface area contributed by atoms with Gasteiger partial charge in [-0.2, -0.15) is 5.10 Å². The lowest BCUT2D eigenvalue weighted by molar-refractivity contribution is 0.102. The van der Waals surface area contributed by atoms with Crippen molar-refractivity contribution in [3.8, 4) is 0 Å². The molecule has 0 aliphatic rings. The van der Waals surface area contributed by atoms with Crippen molar-refractivity contribution in [1.29, 1.82) is 0 Å². The van der Waals surface area contributed by atoms with Gasteiger partial charge in [-0.25, -0.2) is 0 Å². The third-order valence-corrected chi connectivity index (χ3v) is 3.39. The van der Waals surface area contributed by atoms with Crippen molar-refractivity contribution in [2.45, 2.75) is 20.4 Å². The first kappa shape index (κ1) is 15.7. The molecule has 0 radical (unpaired) electrons. The van der Waals surface area contributed by atoms with Crippen molar-refractivity contribution in [3.05, 3.63) is 46.0 Å². The van der Waals surface area contributed by atoms with Crippen molar-refractivity contribution < 1.29 is 4.79 Å². The fourth-order valence-corrected chi connectivity index (χ4v) is 2.38. The molecule has 112 valence electrons. The summed E-state index contributed by atoms with van der Waals surface area (Å²) in [6.07, 6.45) is 1.52. The zero-order valence-corrected chi connectivity index (χ0v) is 13.5. The number of carbonyl (C=O) groups excluding carboxylic acids is 1. The van der Waals surface area contributed by atoms with Gasteiger partial charge in [0.15, 0.2) is 0 Å². The number of halogens is 1. The minimum Gasteiger partial charge on any atom is -0.308 e. The molecule has 0 saturated heterocycles. The van der Waals surface area contributed by atoms with Gasteiger partial charge in [0.2, 0.25) is 5.78 Å². The normalized spacial score (nSPS) is 11.1. The highest BCUT2D eigenvalue weighted by molar-refractivity contribution is 6.34. The second-order valence-corrected chi connectivity index (χ2v) is 5.74. The van der Waals surface area contributed by atoms with Gasteiger partial charge < -0.3 is 4.90 Å². The van der Waals surface area contributed by atoms with Crippen molar-refractivity contribution in [2.75, 3.05) is 20.6 Å². The van der Waals surface area contributed by atoms with Crippen LogP contribution in [0.5, 0.6) is 0 Å². The minimum absolute atomic E-state index is 0.121. The van der Waals surface area contributed by atoms with Crippen LogP contribution in [-0.2, 0) is 6.54 Å². The fraction of sp³-hybridized carbons (Fsp3) is 0.400. The van der Waals surface area contributed by atoms with E-state index in [0.29, 0.717) is 22.8 Å². The summed E-state index contributed by atoms with van der Waals surface area (Å²) < 4.78 is 1.66. The van der Waals surface area contributed by atoms with E-state index in [4.69, 9.17) is 11.6 Å². The first-order valence-corrected chi connectivity index (χ1v) is 7.12. The fourth-order valence-electron chi connectivity index (χ4n) is 2.15. The molecular formula is C15H19ClN4O. The summed E-state index contributed by atoms with van der Waals surface area (Å²) in [7, 11) is 3.95. The van der Waals surface area contributed by atoms with E-state index in [1.165, 1.54) is 6.20 Å². The number of likely N-dealkylation sites (N-methyl/N-ethyl adjacent to an activating group) is 1. The molecule has 2 heterocycles. The molecule has 0 bridgehead atoms. The maximum absolute atomic E-state index is 12.7. The number of pyridine rings is 1. The molecule has 0 saturated carbocycles. The summed E-state index contributed by atoms with van der Waals surface area (Å²) in [5.74, 6) is -0.121. The molecule has 2 aromatic heterocycles. The zero-order valence-electron chi connectivity index (χ0n) is 12.7. The van der Waals surface area contributed by atoms with Crippen LogP contribution in [0.25, 0.3) is 0 Å². The Labute approximate surface area is 129 Å². The Morgan fingerprint density at radius 2 is 1.90 bits per heavy atom. The van der Waals surface area contributed by atoms with Crippen molar-refractivity contribution >= 4 is 17.4 Å². The standard InChI is InChI=1S/C15H19ClN4O/c1-10-7-12(8-11(2)18-10)15(21)14-13(16)9-17-20(14)6-5-19(3)4/h7-9H,5-6H2,1-4H3. The van der Waals surface area contributed by atoms with Gasteiger partial charge in [-0.05, 0) is 40.1 Å². The predicted molar refractivity (Wildman–Crippen MR) is 82.9 cm³/mol. The van der Waals surface area contributed by atoms with Crippen LogP contribution in [0.1, 0.15) is 27.4 Å². The average molecular weight is 307 g/mol. The number of rotatable bonds is 5. The van der Waals surface area contributed by atoms with Crippen LogP contribution in [0.3, 0.4) is 0 Å². The minimum atomic E-state index is -0.121. The van der Waals surface area contributed by atoms with Gasteiger partial charge in [0.25, 0.3) is 0 Å². The third kappa shape index (κ3) is 3.68. The summed E-state index contributed by atoms with van der Waals surface area (Å²) >= 11 is 6.15. The lowest BCUT2D eigenvalue weighted by Crippen LogP contribution is -2.22. The molecule has 0 aromatic carbocycles. The smallest absolute Gasteiger partial charge is 0.212 e. The van der Waals surface area contributed by atoms with Crippen molar-refractivity contribution in [2.24, 2.45) is 0 Å². The van der Waals surface area contributed by atoms with E-state index in [1.54, 1.807) is 16.8 Å². The van der Waals surface area contributed by atoms with E-state index in [2.05, 4.69) is 10.1 Å². The van der Waals surface area contributed by atoms with Gasteiger partial charge in [0.05, 0.1) is 17.8 Å². The first-order valence-electron chi connectivity index (χ1n) is 6.74. The van der Waals surface area contributed by atoms with E-state index >= 15 is 0 Å². The van der Waals surface area contributed by atoms with Crippen LogP contribution in [0.15, 0.2) is 18.3 Å². The summed E-state index contributed by atoms with van der Waals surface area (Å²) in [6.45, 7) is 5.14. The van der Waals surface area contributed by atoms with Crippen LogP contribution in [0.4, 0.5) is 0 Å². The van der Waals surface area contributed by atoms with Gasteiger partial charge in [-0.1, -0.05) is 11.6 Å². The molecule has 6 heteroatoms. The number of hydrogen-bond donors (Lipinski definition) is 0. The number of carbonyl (C=O) groups is 1. The zero-order chi connectivity index (χ0) is 15.6. The topological polar surface area (TPSA) is 51.0 Å². The number of nitrogens with zero attached hydrogens (tertiary/aromatic N) is 4. The summed E-state index contributed by atoms with van der Waals surface area (Å²) in [5, 5.41) is 4.58. The molecule has 5 nitrogen and oxygen atoms in total. The Bertz CT molecular complexity index is 643. The second kappa shape index (κ2) is 6.37. The number of aromatic nitrogens is 3. The molecule has 0 N–H and O–H groups in total. The van der Waals surface area contributed by atoms with E-state index in [0.717, 1.165) is 17.9 Å². The van der Waals surface area contributed by atoms with Gasteiger partial charge in [-0.15, -0.1) is 0 Å². The molecule has 0 aliphatic carbocycles. The molecule has 21 heavy (non-hydrogen) atoms. The van der Waals surface area contributed by atoms with E-state index < -0.39 is 0 Å². The molecule has 0 amide bonds. The van der Waals surface area contributed by atoms with Crippen LogP contribution in [0, 0.1) is 13.8 Å². The maximum Gasteiger partial charge on any atom is 0.212 e. The van der Waals surface area contributed by atoms with E-state index in [-0.39, 0.29) is 5.78 Å². The highest BCUT2D eigenvalue weighted by Crippen LogP contribution is 2.20. The number of aryl methyl sites for hydroxylation is 2. The number of ketones is 1. The molecular weight excluding hydrogens is 288 g/mol. The quantitative estimate of drug-likeness (QED) is 0.796. The molecule has 2 aromatic rings. The predicted octanol–water partition coefficient (Wildman–Crippen LogP) is 2.34. The van der Waals surface area contributed by atoms with Crippen LogP contribution < -0.4 is 0 Å². The van der Waals surface area contributed by atoms with Crippen LogP contribution in [0.2, 0.25) is 5.02 Å². The number of hydrogen-bond acceptors (Lipinski definition) is 4. The summed E-state index contributed by atoms with van der Waals surface area (Å²) in [4.78, 5) is 19.0. The third-order valence-electron chi connectivity index (χ3n) is 3.11. The van der Waals surface area contributed by atoms with Gasteiger partial charge in [0.1, 0.15) is 5.69 Å². The maximum atomic E-state index is 12.7. The lowest BCUT2D eigenvalue weighted by atomic mass is 10.1. The molecule has 0 aliphatic heterocycles. The monoisotopic (exact) mass is 306 g/mol. The molecule has 2 rings (SSSR count). The van der Waals surface area contributed by atoms with Gasteiger partial charge in [-0.3, -0.25) is 14.5 Å². The van der Waals surface area contributed by atoms with Crippen LogP contribution >= 0.6 is 11.6 Å².